The summed E-state index contributed by atoms with van der Waals surface area (Å²) < 4.78 is 0. The van der Waals surface area contributed by atoms with E-state index in [-0.39, 0.29) is 11.8 Å². The van der Waals surface area contributed by atoms with Gasteiger partial charge in [0, 0.05) is 29.9 Å². The first-order chi connectivity index (χ1) is 13.0. The smallest absolute Gasteiger partial charge is 0.255 e. The third-order valence-corrected chi connectivity index (χ3v) is 5.27. The zero-order valence-electron chi connectivity index (χ0n) is 16.4. The van der Waals surface area contributed by atoms with Gasteiger partial charge in [-0.3, -0.25) is 9.59 Å². The Morgan fingerprint density at radius 2 is 1.67 bits per heavy atom. The predicted octanol–water partition coefficient (Wildman–Crippen LogP) is 4.93. The van der Waals surface area contributed by atoms with Crippen molar-refractivity contribution in [3.8, 4) is 0 Å². The third kappa shape index (κ3) is 4.57. The molecule has 27 heavy (non-hydrogen) atoms. The lowest BCUT2D eigenvalue weighted by molar-refractivity contribution is 0.0697. The Kier molecular flexibility index (Phi) is 5.94. The highest BCUT2D eigenvalue weighted by molar-refractivity contribution is 6.06. The summed E-state index contributed by atoms with van der Waals surface area (Å²) >= 11 is 0. The van der Waals surface area contributed by atoms with Crippen LogP contribution in [0.3, 0.4) is 0 Å². The largest absolute Gasteiger partial charge is 0.339 e. The summed E-state index contributed by atoms with van der Waals surface area (Å²) in [6.45, 7) is 8.01. The second-order valence-electron chi connectivity index (χ2n) is 7.75. The molecule has 1 fully saturated rings. The fourth-order valence-electron chi connectivity index (χ4n) is 3.50. The van der Waals surface area contributed by atoms with Gasteiger partial charge in [0.05, 0.1) is 0 Å². The zero-order valence-corrected chi connectivity index (χ0v) is 16.4. The molecule has 3 rings (SSSR count). The molecular weight excluding hydrogens is 336 g/mol. The minimum atomic E-state index is -0.190. The molecule has 1 aliphatic heterocycles. The van der Waals surface area contributed by atoms with Crippen molar-refractivity contribution in [2.75, 3.05) is 18.4 Å². The van der Waals surface area contributed by atoms with Gasteiger partial charge < -0.3 is 10.2 Å². The minimum Gasteiger partial charge on any atom is -0.339 e. The standard InChI is InChI=1S/C23H28N2O2/c1-16(2)20-9-4-5-10-21(20)24-22(26)18-7-6-8-19(15-18)23(27)25-13-11-17(3)12-14-25/h4-10,15-17H,11-14H2,1-3H3,(H,24,26). The van der Waals surface area contributed by atoms with Crippen molar-refractivity contribution >= 4 is 17.5 Å². The van der Waals surface area contributed by atoms with Gasteiger partial charge in [0.1, 0.15) is 0 Å². The number of nitrogens with zero attached hydrogens (tertiary/aromatic N) is 1. The topological polar surface area (TPSA) is 49.4 Å². The summed E-state index contributed by atoms with van der Waals surface area (Å²) in [5.41, 5.74) is 3.00. The van der Waals surface area contributed by atoms with Crippen molar-refractivity contribution < 1.29 is 9.59 Å². The first-order valence-electron chi connectivity index (χ1n) is 9.75. The Labute approximate surface area is 161 Å². The average Bonchev–Trinajstić information content (AvgIpc) is 2.68. The maximum Gasteiger partial charge on any atom is 0.255 e. The quantitative estimate of drug-likeness (QED) is 0.836. The molecule has 2 aromatic rings. The van der Waals surface area contributed by atoms with E-state index in [0.29, 0.717) is 23.0 Å². The van der Waals surface area contributed by atoms with Crippen LogP contribution >= 0.6 is 0 Å². The number of rotatable bonds is 4. The van der Waals surface area contributed by atoms with Gasteiger partial charge in [0.2, 0.25) is 0 Å². The monoisotopic (exact) mass is 364 g/mol. The molecule has 4 nitrogen and oxygen atoms in total. The zero-order chi connectivity index (χ0) is 19.4. The highest BCUT2D eigenvalue weighted by Crippen LogP contribution is 2.24. The van der Waals surface area contributed by atoms with Crippen LogP contribution in [0.25, 0.3) is 0 Å². The second kappa shape index (κ2) is 8.38. The number of piperidine rings is 1. The molecule has 0 aliphatic carbocycles. The fraction of sp³-hybridized carbons (Fsp3) is 0.391. The van der Waals surface area contributed by atoms with Crippen molar-refractivity contribution in [1.29, 1.82) is 0 Å². The molecule has 0 bridgehead atoms. The molecule has 0 aromatic heterocycles. The normalized spacial score (nSPS) is 15.0. The van der Waals surface area contributed by atoms with Gasteiger partial charge >= 0.3 is 0 Å². The number of amides is 2. The van der Waals surface area contributed by atoms with Gasteiger partial charge in [0.25, 0.3) is 11.8 Å². The lowest BCUT2D eigenvalue weighted by atomic mass is 9.98. The SMILES string of the molecule is CC1CCN(C(=O)c2cccc(C(=O)Nc3ccccc3C(C)C)c2)CC1. The molecular formula is C23H28N2O2. The van der Waals surface area contributed by atoms with Crippen LogP contribution in [-0.2, 0) is 0 Å². The van der Waals surface area contributed by atoms with Gasteiger partial charge in [-0.05, 0) is 54.5 Å². The lowest BCUT2D eigenvalue weighted by Crippen LogP contribution is -2.38. The number of hydrogen-bond acceptors (Lipinski definition) is 2. The average molecular weight is 364 g/mol. The minimum absolute atomic E-state index is 0.0131. The van der Waals surface area contributed by atoms with Crippen molar-refractivity contribution in [1.82, 2.24) is 4.90 Å². The van der Waals surface area contributed by atoms with E-state index in [1.54, 1.807) is 24.3 Å². The number of anilines is 1. The number of carbonyl (C=O) groups excluding carboxylic acids is 2. The van der Waals surface area contributed by atoms with Crippen LogP contribution in [0.2, 0.25) is 0 Å². The summed E-state index contributed by atoms with van der Waals surface area (Å²) in [4.78, 5) is 27.4. The van der Waals surface area contributed by atoms with Crippen molar-refractivity contribution in [3.05, 3.63) is 65.2 Å². The van der Waals surface area contributed by atoms with E-state index in [4.69, 9.17) is 0 Å². The van der Waals surface area contributed by atoms with E-state index in [1.165, 1.54) is 0 Å². The van der Waals surface area contributed by atoms with Gasteiger partial charge in [-0.2, -0.15) is 0 Å². The van der Waals surface area contributed by atoms with Crippen LogP contribution in [0.5, 0.6) is 0 Å². The van der Waals surface area contributed by atoms with Crippen LogP contribution in [0.4, 0.5) is 5.69 Å². The molecule has 0 atom stereocenters. The van der Waals surface area contributed by atoms with Gasteiger partial charge in [0.15, 0.2) is 0 Å². The number of benzene rings is 2. The number of para-hydroxylation sites is 1. The molecule has 2 amide bonds. The van der Waals surface area contributed by atoms with E-state index >= 15 is 0 Å². The Bertz CT molecular complexity index is 821. The molecule has 0 unspecified atom stereocenters. The van der Waals surface area contributed by atoms with E-state index < -0.39 is 0 Å². The summed E-state index contributed by atoms with van der Waals surface area (Å²) in [6, 6.07) is 14.9. The number of hydrogen-bond donors (Lipinski definition) is 1. The van der Waals surface area contributed by atoms with Crippen LogP contribution in [0, 0.1) is 5.92 Å². The lowest BCUT2D eigenvalue weighted by Gasteiger charge is -2.30. The Hall–Kier alpha value is -2.62. The predicted molar refractivity (Wildman–Crippen MR) is 109 cm³/mol. The molecule has 1 saturated heterocycles. The highest BCUT2D eigenvalue weighted by atomic mass is 16.2. The highest BCUT2D eigenvalue weighted by Gasteiger charge is 2.22. The maximum atomic E-state index is 12.8. The molecule has 1 heterocycles. The fourth-order valence-corrected chi connectivity index (χ4v) is 3.50. The summed E-state index contributed by atoms with van der Waals surface area (Å²) in [5.74, 6) is 0.812. The van der Waals surface area contributed by atoms with Gasteiger partial charge in [-0.1, -0.05) is 45.0 Å². The summed E-state index contributed by atoms with van der Waals surface area (Å²) in [5, 5.41) is 3.00. The molecule has 0 spiro atoms. The van der Waals surface area contributed by atoms with E-state index in [1.807, 2.05) is 29.2 Å². The molecule has 4 heteroatoms. The maximum absolute atomic E-state index is 12.8. The summed E-state index contributed by atoms with van der Waals surface area (Å²) in [6.07, 6.45) is 2.08. The van der Waals surface area contributed by atoms with E-state index in [9.17, 15) is 9.59 Å². The van der Waals surface area contributed by atoms with Crippen LogP contribution in [0.1, 0.15) is 65.8 Å². The van der Waals surface area contributed by atoms with Crippen molar-refractivity contribution in [2.24, 2.45) is 5.92 Å². The first-order valence-corrected chi connectivity index (χ1v) is 9.75. The number of likely N-dealkylation sites (tertiary alicyclic amines) is 1. The van der Waals surface area contributed by atoms with E-state index in [2.05, 4.69) is 26.1 Å². The number of carbonyl (C=O) groups is 2. The van der Waals surface area contributed by atoms with Crippen LogP contribution < -0.4 is 5.32 Å². The second-order valence-corrected chi connectivity index (χ2v) is 7.75. The number of nitrogens with one attached hydrogen (secondary N) is 1. The van der Waals surface area contributed by atoms with Crippen molar-refractivity contribution in [3.63, 3.8) is 0 Å². The molecule has 2 aromatic carbocycles. The third-order valence-electron chi connectivity index (χ3n) is 5.27. The molecule has 0 saturated carbocycles. The molecule has 142 valence electrons. The Morgan fingerprint density at radius 1 is 1.00 bits per heavy atom. The first kappa shape index (κ1) is 19.2. The molecule has 0 radical (unpaired) electrons. The van der Waals surface area contributed by atoms with Gasteiger partial charge in [-0.15, -0.1) is 0 Å². The van der Waals surface area contributed by atoms with Gasteiger partial charge in [-0.25, -0.2) is 0 Å². The Balaban J connectivity index is 1.75. The molecule has 1 N–H and O–H groups in total. The summed E-state index contributed by atoms with van der Waals surface area (Å²) in [7, 11) is 0. The van der Waals surface area contributed by atoms with Crippen LogP contribution in [-0.4, -0.2) is 29.8 Å². The van der Waals surface area contributed by atoms with Crippen LogP contribution in [0.15, 0.2) is 48.5 Å². The Morgan fingerprint density at radius 3 is 2.37 bits per heavy atom. The van der Waals surface area contributed by atoms with E-state index in [0.717, 1.165) is 37.2 Å². The van der Waals surface area contributed by atoms with Crippen molar-refractivity contribution in [2.45, 2.75) is 39.5 Å². The molecule has 1 aliphatic rings.